The van der Waals surface area contributed by atoms with E-state index in [0.717, 1.165) is 37.6 Å². The smallest absolute Gasteiger partial charge is 0.262 e. The van der Waals surface area contributed by atoms with Crippen LogP contribution in [0.4, 0.5) is 22.9 Å². The van der Waals surface area contributed by atoms with Crippen LogP contribution in [-0.2, 0) is 9.53 Å². The first kappa shape index (κ1) is 19.5. The molecule has 166 valence electrons. The minimum atomic E-state index is -0.206. The van der Waals surface area contributed by atoms with Crippen LogP contribution in [0.1, 0.15) is 0 Å². The van der Waals surface area contributed by atoms with Gasteiger partial charge >= 0.3 is 0 Å². The van der Waals surface area contributed by atoms with E-state index in [2.05, 4.69) is 37.6 Å². The van der Waals surface area contributed by atoms with Gasteiger partial charge in [-0.2, -0.15) is 0 Å². The van der Waals surface area contributed by atoms with Gasteiger partial charge in [0, 0.05) is 54.8 Å². The maximum atomic E-state index is 11.7. The minimum absolute atomic E-state index is 0.0308. The van der Waals surface area contributed by atoms with Gasteiger partial charge in [-0.15, -0.1) is 0 Å². The van der Waals surface area contributed by atoms with Crippen molar-refractivity contribution in [2.45, 2.75) is 0 Å². The highest BCUT2D eigenvalue weighted by molar-refractivity contribution is 5.95. The van der Waals surface area contributed by atoms with Crippen molar-refractivity contribution in [1.29, 1.82) is 0 Å². The number of nitrogens with zero attached hydrogens (tertiary/aromatic N) is 5. The molecule has 0 atom stereocenters. The molecule has 1 aromatic carbocycles. The Morgan fingerprint density at radius 2 is 1.94 bits per heavy atom. The molecule has 2 N–H and O–H groups in total. The summed E-state index contributed by atoms with van der Waals surface area (Å²) in [5, 5.41) is 6.18. The zero-order valence-corrected chi connectivity index (χ0v) is 17.7. The lowest BCUT2D eigenvalue weighted by atomic mass is 10.2. The van der Waals surface area contributed by atoms with Crippen LogP contribution in [0.5, 0.6) is 5.88 Å². The molecule has 3 aromatic heterocycles. The normalized spacial score (nSPS) is 15.6. The maximum Gasteiger partial charge on any atom is 0.262 e. The van der Waals surface area contributed by atoms with E-state index in [1.165, 1.54) is 5.69 Å². The number of hydrogen-bond donors (Lipinski definition) is 2. The molecule has 0 saturated carbocycles. The van der Waals surface area contributed by atoms with E-state index in [1.807, 2.05) is 35.0 Å². The Hall–Kier alpha value is -4.18. The number of pyridine rings is 1. The number of hydrogen-bond acceptors (Lipinski definition) is 8. The minimum Gasteiger partial charge on any atom is -0.466 e. The summed E-state index contributed by atoms with van der Waals surface area (Å²) in [7, 11) is 0. The summed E-state index contributed by atoms with van der Waals surface area (Å²) >= 11 is 0. The van der Waals surface area contributed by atoms with Crippen molar-refractivity contribution >= 4 is 34.4 Å². The van der Waals surface area contributed by atoms with E-state index in [1.54, 1.807) is 12.4 Å². The van der Waals surface area contributed by atoms with Crippen LogP contribution < -0.4 is 20.3 Å². The van der Waals surface area contributed by atoms with Crippen molar-refractivity contribution in [2.24, 2.45) is 0 Å². The van der Waals surface area contributed by atoms with Gasteiger partial charge in [0.1, 0.15) is 5.69 Å². The topological polar surface area (TPSA) is 106 Å². The standard InChI is InChI=1S/C23H21N7O3/c31-20-14-33-23-18(27-20)11-15(12-25-23)19-13-30-6-5-24-22(30)21(28-19)26-16-1-3-17(4-2-16)29-7-9-32-10-8-29/h1-6,11-13H,7-10,14H2,(H,26,28)(H,27,31). The SMILES string of the molecule is O=C1COc2ncc(-c3cn4ccnc4c(Nc4ccc(N5CCOCC5)cc4)n3)cc2N1. The molecule has 5 heterocycles. The fraction of sp³-hybridized carbons (Fsp3) is 0.217. The van der Waals surface area contributed by atoms with Gasteiger partial charge in [0.25, 0.3) is 5.91 Å². The van der Waals surface area contributed by atoms with Crippen LogP contribution in [-0.4, -0.2) is 58.2 Å². The van der Waals surface area contributed by atoms with Crippen LogP contribution in [0, 0.1) is 0 Å². The molecule has 33 heavy (non-hydrogen) atoms. The summed E-state index contributed by atoms with van der Waals surface area (Å²) < 4.78 is 12.7. The Morgan fingerprint density at radius 3 is 2.79 bits per heavy atom. The van der Waals surface area contributed by atoms with Gasteiger partial charge < -0.3 is 29.4 Å². The van der Waals surface area contributed by atoms with Gasteiger partial charge in [-0.25, -0.2) is 15.0 Å². The second-order valence-electron chi connectivity index (χ2n) is 7.82. The lowest BCUT2D eigenvalue weighted by Crippen LogP contribution is -2.36. The highest BCUT2D eigenvalue weighted by Gasteiger charge is 2.19. The summed E-state index contributed by atoms with van der Waals surface area (Å²) in [6.07, 6.45) is 7.16. The number of morpholine rings is 1. The molecule has 0 spiro atoms. The van der Waals surface area contributed by atoms with Gasteiger partial charge in [-0.05, 0) is 30.3 Å². The number of carbonyl (C=O) groups excluding carboxylic acids is 1. The third kappa shape index (κ3) is 3.80. The average molecular weight is 443 g/mol. The number of fused-ring (bicyclic) bond motifs is 2. The predicted molar refractivity (Wildman–Crippen MR) is 123 cm³/mol. The molecule has 0 unspecified atom stereocenters. The van der Waals surface area contributed by atoms with Gasteiger partial charge in [0.05, 0.1) is 18.9 Å². The van der Waals surface area contributed by atoms with E-state index < -0.39 is 0 Å². The number of benzene rings is 1. The van der Waals surface area contributed by atoms with Gasteiger partial charge in [-0.1, -0.05) is 0 Å². The van der Waals surface area contributed by atoms with E-state index >= 15 is 0 Å². The number of imidazole rings is 1. The summed E-state index contributed by atoms with van der Waals surface area (Å²) in [6.45, 7) is 3.26. The number of nitrogens with one attached hydrogen (secondary N) is 2. The predicted octanol–water partition coefficient (Wildman–Crippen LogP) is 2.70. The van der Waals surface area contributed by atoms with E-state index in [0.29, 0.717) is 28.7 Å². The monoisotopic (exact) mass is 443 g/mol. The summed E-state index contributed by atoms with van der Waals surface area (Å²) in [5.41, 5.74) is 4.75. The Morgan fingerprint density at radius 1 is 1.09 bits per heavy atom. The molecule has 10 heteroatoms. The number of amides is 1. The number of anilines is 4. The molecular weight excluding hydrogens is 422 g/mol. The van der Waals surface area contributed by atoms with E-state index in [-0.39, 0.29) is 12.5 Å². The molecule has 2 aliphatic rings. The Bertz CT molecular complexity index is 1330. The zero-order chi connectivity index (χ0) is 22.2. The first-order valence-electron chi connectivity index (χ1n) is 10.7. The molecule has 0 radical (unpaired) electrons. The first-order chi connectivity index (χ1) is 16.2. The molecule has 4 aromatic rings. The van der Waals surface area contributed by atoms with Crippen molar-refractivity contribution in [3.8, 4) is 17.1 Å². The Kier molecular flexibility index (Phi) is 4.76. The third-order valence-electron chi connectivity index (χ3n) is 5.64. The lowest BCUT2D eigenvalue weighted by molar-refractivity contribution is -0.118. The van der Waals surface area contributed by atoms with Gasteiger partial charge in [0.2, 0.25) is 5.88 Å². The first-order valence-corrected chi connectivity index (χ1v) is 10.7. The quantitative estimate of drug-likeness (QED) is 0.496. The number of carbonyl (C=O) groups is 1. The largest absolute Gasteiger partial charge is 0.466 e. The molecule has 1 saturated heterocycles. The van der Waals surface area contributed by atoms with Crippen molar-refractivity contribution < 1.29 is 14.3 Å². The molecule has 2 aliphatic heterocycles. The number of ether oxygens (including phenoxy) is 2. The van der Waals surface area contributed by atoms with Crippen molar-refractivity contribution in [3.05, 3.63) is 55.1 Å². The van der Waals surface area contributed by atoms with Gasteiger partial charge in [0.15, 0.2) is 18.1 Å². The second kappa shape index (κ2) is 8.06. The van der Waals surface area contributed by atoms with Crippen LogP contribution in [0.15, 0.2) is 55.1 Å². The number of aromatic nitrogens is 4. The third-order valence-corrected chi connectivity index (χ3v) is 5.64. The van der Waals surface area contributed by atoms with Crippen molar-refractivity contribution in [2.75, 3.05) is 48.4 Å². The average Bonchev–Trinajstić information content (AvgIpc) is 3.34. The summed E-state index contributed by atoms with van der Waals surface area (Å²) in [5.74, 6) is 0.817. The fourth-order valence-electron chi connectivity index (χ4n) is 3.99. The number of rotatable bonds is 4. The van der Waals surface area contributed by atoms with E-state index in [4.69, 9.17) is 14.5 Å². The fourth-order valence-corrected chi connectivity index (χ4v) is 3.99. The highest BCUT2D eigenvalue weighted by atomic mass is 16.5. The van der Waals surface area contributed by atoms with E-state index in [9.17, 15) is 4.79 Å². The summed E-state index contributed by atoms with van der Waals surface area (Å²) in [6, 6.07) is 10.1. The van der Waals surface area contributed by atoms with Crippen LogP contribution in [0.3, 0.4) is 0 Å². The molecule has 6 rings (SSSR count). The second-order valence-corrected chi connectivity index (χ2v) is 7.82. The molecule has 0 bridgehead atoms. The zero-order valence-electron chi connectivity index (χ0n) is 17.7. The Labute approximate surface area is 189 Å². The van der Waals surface area contributed by atoms with Gasteiger partial charge in [-0.3, -0.25) is 4.79 Å². The van der Waals surface area contributed by atoms with Crippen molar-refractivity contribution in [3.63, 3.8) is 0 Å². The van der Waals surface area contributed by atoms with Crippen LogP contribution in [0.25, 0.3) is 16.9 Å². The molecule has 1 amide bonds. The lowest BCUT2D eigenvalue weighted by Gasteiger charge is -2.28. The molecular formula is C23H21N7O3. The highest BCUT2D eigenvalue weighted by Crippen LogP contribution is 2.31. The molecule has 10 nitrogen and oxygen atoms in total. The van der Waals surface area contributed by atoms with Crippen molar-refractivity contribution in [1.82, 2.24) is 19.4 Å². The maximum absolute atomic E-state index is 11.7. The van der Waals surface area contributed by atoms with Crippen LogP contribution in [0.2, 0.25) is 0 Å². The Balaban J connectivity index is 1.31. The summed E-state index contributed by atoms with van der Waals surface area (Å²) in [4.78, 5) is 27.6. The van der Waals surface area contributed by atoms with Crippen LogP contribution >= 0.6 is 0 Å². The molecule has 0 aliphatic carbocycles. The molecule has 1 fully saturated rings.